The predicted octanol–water partition coefficient (Wildman–Crippen LogP) is 3.55. The summed E-state index contributed by atoms with van der Waals surface area (Å²) in [6, 6.07) is 2.40. The van der Waals surface area contributed by atoms with Crippen molar-refractivity contribution in [1.82, 2.24) is 15.1 Å². The SMILES string of the molecule is C/C1=C\C=C\C(CO)C2(O)CC(OC(=O)N2)C(C)C2OC2(C)C(OC(=O)[C@H](C)N(C)C(=O)CCCCCN2C(=O)CC(C)C2=O)CC(=O)N(C)c2cc(cc(CO)c2Cl)C1. The minimum absolute atomic E-state index is 0.110. The summed E-state index contributed by atoms with van der Waals surface area (Å²) < 4.78 is 18.0. The summed E-state index contributed by atoms with van der Waals surface area (Å²) in [4.78, 5) is 82.4. The quantitative estimate of drug-likeness (QED) is 0.109. The zero-order chi connectivity index (χ0) is 44.3. The number of alkyl carbamates (subject to hydrolysis) is 1. The lowest BCUT2D eigenvalue weighted by Gasteiger charge is -2.42. The Morgan fingerprint density at radius 3 is 2.47 bits per heavy atom. The largest absolute Gasteiger partial charge is 0.457 e. The highest BCUT2D eigenvalue weighted by Gasteiger charge is 2.64. The van der Waals surface area contributed by atoms with Gasteiger partial charge in [0, 0.05) is 57.7 Å². The summed E-state index contributed by atoms with van der Waals surface area (Å²) in [6.45, 7) is 7.93. The van der Waals surface area contributed by atoms with Gasteiger partial charge in [-0.25, -0.2) is 9.59 Å². The van der Waals surface area contributed by atoms with Gasteiger partial charge in [0.25, 0.3) is 0 Å². The van der Waals surface area contributed by atoms with E-state index in [0.717, 1.165) is 11.1 Å². The second kappa shape index (κ2) is 19.1. The molecule has 4 aliphatic rings. The van der Waals surface area contributed by atoms with E-state index in [2.05, 4.69) is 5.32 Å². The Labute approximate surface area is 355 Å². The van der Waals surface area contributed by atoms with Crippen LogP contribution in [0.25, 0.3) is 0 Å². The Morgan fingerprint density at radius 1 is 1.10 bits per heavy atom. The van der Waals surface area contributed by atoms with E-state index in [9.17, 15) is 44.1 Å². The molecular formula is C43H59ClN4O12. The molecule has 0 aliphatic carbocycles. The molecule has 4 N–H and O–H groups in total. The molecule has 60 heavy (non-hydrogen) atoms. The number of likely N-dealkylation sites (N-methyl/N-ethyl adjacent to an activating group) is 1. The van der Waals surface area contributed by atoms with Crippen molar-refractivity contribution in [2.45, 2.75) is 128 Å². The number of rotatable bonds is 11. The number of fused-ring (bicyclic) bond motifs is 5. The highest BCUT2D eigenvalue weighted by molar-refractivity contribution is 6.34. The number of imide groups is 1. The maximum absolute atomic E-state index is 14.2. The third kappa shape index (κ3) is 10.2. The number of amides is 5. The third-order valence-electron chi connectivity index (χ3n) is 12.5. The number of aliphatic hydroxyl groups excluding tert-OH is 2. The second-order valence-electron chi connectivity index (χ2n) is 17.0. The number of halogens is 1. The number of aliphatic hydroxyl groups is 3. The molecule has 0 saturated carbocycles. The molecule has 4 heterocycles. The van der Waals surface area contributed by atoms with Gasteiger partial charge in [-0.05, 0) is 57.2 Å². The van der Waals surface area contributed by atoms with Crippen LogP contribution in [0.15, 0.2) is 35.9 Å². The molecule has 3 fully saturated rings. The smallest absolute Gasteiger partial charge is 0.409 e. The first-order valence-electron chi connectivity index (χ1n) is 20.6. The number of nitrogens with zero attached hydrogens (tertiary/aromatic N) is 3. The number of hydrogen-bond acceptors (Lipinski definition) is 12. The first kappa shape index (κ1) is 46.7. The Kier molecular flexibility index (Phi) is 14.9. The summed E-state index contributed by atoms with van der Waals surface area (Å²) >= 11 is 6.74. The molecule has 1 aromatic rings. The van der Waals surface area contributed by atoms with Gasteiger partial charge in [0.15, 0.2) is 5.72 Å². The van der Waals surface area contributed by atoms with Crippen LogP contribution in [-0.4, -0.2) is 124 Å². The van der Waals surface area contributed by atoms with Crippen molar-refractivity contribution >= 4 is 53.0 Å². The molecule has 4 bridgehead atoms. The lowest BCUT2D eigenvalue weighted by atomic mass is 9.81. The van der Waals surface area contributed by atoms with Gasteiger partial charge in [-0.15, -0.1) is 0 Å². The number of unbranched alkanes of at least 4 members (excludes halogenated alkanes) is 2. The molecular weight excluding hydrogens is 800 g/mol. The van der Waals surface area contributed by atoms with E-state index in [1.54, 1.807) is 51.1 Å². The fraction of sp³-hybridized carbons (Fsp3) is 0.628. The van der Waals surface area contributed by atoms with Gasteiger partial charge in [-0.2, -0.15) is 0 Å². The van der Waals surface area contributed by atoms with Crippen molar-refractivity contribution in [3.05, 3.63) is 52.1 Å². The molecule has 8 unspecified atom stereocenters. The van der Waals surface area contributed by atoms with E-state index in [-0.39, 0.29) is 54.3 Å². The number of hydrogen-bond donors (Lipinski definition) is 4. The maximum Gasteiger partial charge on any atom is 0.409 e. The van der Waals surface area contributed by atoms with E-state index < -0.39 is 78.7 Å². The molecule has 3 saturated heterocycles. The number of nitrogens with one attached hydrogen (secondary N) is 1. The zero-order valence-corrected chi connectivity index (χ0v) is 36.2. The first-order valence-corrected chi connectivity index (χ1v) is 20.9. The van der Waals surface area contributed by atoms with Crippen molar-refractivity contribution in [2.24, 2.45) is 17.8 Å². The molecule has 9 atom stereocenters. The zero-order valence-electron chi connectivity index (χ0n) is 35.4. The van der Waals surface area contributed by atoms with Crippen LogP contribution in [0.4, 0.5) is 10.5 Å². The van der Waals surface area contributed by atoms with E-state index >= 15 is 0 Å². The van der Waals surface area contributed by atoms with Gasteiger partial charge in [-0.1, -0.05) is 61.7 Å². The molecule has 1 aromatic carbocycles. The minimum Gasteiger partial charge on any atom is -0.457 e. The van der Waals surface area contributed by atoms with Crippen LogP contribution >= 0.6 is 11.6 Å². The summed E-state index contributed by atoms with van der Waals surface area (Å²) in [6.07, 6.45) is 3.12. The highest BCUT2D eigenvalue weighted by atomic mass is 35.5. The van der Waals surface area contributed by atoms with Crippen molar-refractivity contribution in [1.29, 1.82) is 0 Å². The van der Waals surface area contributed by atoms with Gasteiger partial charge < -0.3 is 39.3 Å². The van der Waals surface area contributed by atoms with Gasteiger partial charge >= 0.3 is 12.1 Å². The molecule has 4 aliphatic heterocycles. The normalized spacial score (nSPS) is 31.7. The number of ether oxygens (including phenoxy) is 3. The van der Waals surface area contributed by atoms with Crippen LogP contribution in [0.2, 0.25) is 5.02 Å². The first-order chi connectivity index (χ1) is 28.2. The monoisotopic (exact) mass is 858 g/mol. The van der Waals surface area contributed by atoms with Crippen LogP contribution in [0, 0.1) is 17.8 Å². The maximum atomic E-state index is 14.2. The van der Waals surface area contributed by atoms with E-state index in [0.29, 0.717) is 43.5 Å². The van der Waals surface area contributed by atoms with Crippen LogP contribution in [0.5, 0.6) is 0 Å². The fourth-order valence-electron chi connectivity index (χ4n) is 8.29. The average Bonchev–Trinajstić information content (AvgIpc) is 3.83. The van der Waals surface area contributed by atoms with Crippen molar-refractivity contribution in [3.8, 4) is 0 Å². The number of likely N-dealkylation sites (tertiary alicyclic amines) is 1. The number of carbonyl (C=O) groups excluding carboxylic acids is 6. The molecule has 17 heteroatoms. The summed E-state index contributed by atoms with van der Waals surface area (Å²) in [5.74, 6) is -3.82. The molecule has 0 spiro atoms. The number of carbonyl (C=O) groups is 6. The van der Waals surface area contributed by atoms with Crippen molar-refractivity contribution < 1.29 is 58.3 Å². The Morgan fingerprint density at radius 2 is 1.82 bits per heavy atom. The fourth-order valence-corrected chi connectivity index (χ4v) is 8.58. The highest BCUT2D eigenvalue weighted by Crippen LogP contribution is 2.49. The molecule has 0 aromatic heterocycles. The number of allylic oxidation sites excluding steroid dienone is 3. The van der Waals surface area contributed by atoms with Gasteiger partial charge in [0.1, 0.15) is 23.9 Å². The van der Waals surface area contributed by atoms with Crippen LogP contribution in [-0.2, 0) is 51.2 Å². The molecule has 330 valence electrons. The van der Waals surface area contributed by atoms with Crippen LogP contribution < -0.4 is 10.2 Å². The molecule has 5 rings (SSSR count). The Hall–Kier alpha value is -4.35. The van der Waals surface area contributed by atoms with Crippen LogP contribution in [0.3, 0.4) is 0 Å². The lowest BCUT2D eigenvalue weighted by Crippen LogP contribution is -2.62. The lowest BCUT2D eigenvalue weighted by molar-refractivity contribution is -0.162. The van der Waals surface area contributed by atoms with Gasteiger partial charge in [0.05, 0.1) is 36.4 Å². The average molecular weight is 859 g/mol. The van der Waals surface area contributed by atoms with Crippen molar-refractivity contribution in [2.75, 3.05) is 32.1 Å². The van der Waals surface area contributed by atoms with E-state index in [4.69, 9.17) is 25.8 Å². The summed E-state index contributed by atoms with van der Waals surface area (Å²) in [5.41, 5.74) is -0.871. The predicted molar refractivity (Wildman–Crippen MR) is 219 cm³/mol. The Bertz CT molecular complexity index is 1910. The van der Waals surface area contributed by atoms with Gasteiger partial charge in [0.2, 0.25) is 23.6 Å². The van der Waals surface area contributed by atoms with Gasteiger partial charge in [-0.3, -0.25) is 29.4 Å². The van der Waals surface area contributed by atoms with Crippen molar-refractivity contribution in [3.63, 3.8) is 0 Å². The number of anilines is 1. The standard InChI is InChI=1S/C43H59ClN4O12/c1-24-12-11-13-30(23-50)43(57)21-32(58-41(56)45-43)26(3)38-42(5,60-38)33(20-35(52)47(7)31-19-28(16-24)18-29(22-49)37(31)44)59-40(55)27(4)46(6)34(51)14-9-8-10-15-48-36(53)17-25(2)39(48)54/h11-13,18-19,25-27,30,32-33,38,49-50,57H,8-10,14-17,20-23H2,1-7H3,(H,45,56)/b13-11+,24-12+/t25?,26?,27-,30?,32?,33?,38?,42?,43?/m0/s1. The summed E-state index contributed by atoms with van der Waals surface area (Å²) in [5, 5.41) is 34.9. The molecule has 5 amide bonds. The Balaban J connectivity index is 1.37. The molecule has 16 nitrogen and oxygen atoms in total. The molecule has 0 radical (unpaired) electrons. The topological polar surface area (TPSA) is 216 Å². The number of epoxide rings is 1. The van der Waals surface area contributed by atoms with Crippen LogP contribution in [0.1, 0.15) is 90.7 Å². The van der Waals surface area contributed by atoms with E-state index in [1.165, 1.54) is 35.7 Å². The summed E-state index contributed by atoms with van der Waals surface area (Å²) in [7, 11) is 3.01. The third-order valence-corrected chi connectivity index (χ3v) is 12.9. The number of benzene rings is 1. The van der Waals surface area contributed by atoms with E-state index in [1.807, 2.05) is 6.92 Å². The number of esters is 1. The second-order valence-corrected chi connectivity index (χ2v) is 17.3. The minimum atomic E-state index is -1.89.